The molecule has 0 radical (unpaired) electrons. The van der Waals surface area contributed by atoms with Crippen LogP contribution in [0.5, 0.6) is 0 Å². The zero-order chi connectivity index (χ0) is 12.7. The van der Waals surface area contributed by atoms with Gasteiger partial charge in [-0.15, -0.1) is 0 Å². The van der Waals surface area contributed by atoms with Crippen molar-refractivity contribution < 1.29 is 4.79 Å². The lowest BCUT2D eigenvalue weighted by atomic mass is 10.1. The molecule has 1 fully saturated rings. The molecule has 17 heavy (non-hydrogen) atoms. The van der Waals surface area contributed by atoms with Gasteiger partial charge in [0.2, 0.25) is 5.91 Å². The second kappa shape index (κ2) is 7.67. The van der Waals surface area contributed by atoms with E-state index in [0.29, 0.717) is 18.4 Å². The summed E-state index contributed by atoms with van der Waals surface area (Å²) in [6.07, 6.45) is 1.69. The Hall–Kier alpha value is -0.610. The van der Waals surface area contributed by atoms with Crippen molar-refractivity contribution in [1.29, 1.82) is 0 Å². The van der Waals surface area contributed by atoms with Crippen LogP contribution in [-0.4, -0.2) is 49.6 Å². The Kier molecular flexibility index (Phi) is 6.52. The lowest BCUT2D eigenvalue weighted by Gasteiger charge is -2.32. The molecule has 1 atom stereocenters. The van der Waals surface area contributed by atoms with E-state index in [1.807, 2.05) is 0 Å². The summed E-state index contributed by atoms with van der Waals surface area (Å²) in [5.74, 6) is 0.845. The van der Waals surface area contributed by atoms with Crippen molar-refractivity contribution in [3.8, 4) is 0 Å². The summed E-state index contributed by atoms with van der Waals surface area (Å²) in [4.78, 5) is 14.1. The second-order valence-corrected chi connectivity index (χ2v) is 5.37. The minimum atomic E-state index is 0.191. The van der Waals surface area contributed by atoms with Crippen LogP contribution >= 0.6 is 0 Å². The maximum absolute atomic E-state index is 11.7. The van der Waals surface area contributed by atoms with E-state index < -0.39 is 0 Å². The highest BCUT2D eigenvalue weighted by molar-refractivity contribution is 5.76. The zero-order valence-corrected chi connectivity index (χ0v) is 11.5. The number of carbonyl (C=O) groups excluding carboxylic acids is 1. The summed E-state index contributed by atoms with van der Waals surface area (Å²) in [5, 5.41) is 6.33. The fourth-order valence-corrected chi connectivity index (χ4v) is 2.09. The third-order valence-corrected chi connectivity index (χ3v) is 3.30. The average molecular weight is 241 g/mol. The van der Waals surface area contributed by atoms with Gasteiger partial charge in [-0.2, -0.15) is 0 Å². The molecule has 0 aromatic rings. The molecule has 1 unspecified atom stereocenters. The Balaban J connectivity index is 2.15. The highest BCUT2D eigenvalue weighted by Crippen LogP contribution is 2.05. The first-order chi connectivity index (χ1) is 8.09. The molecule has 0 aromatic heterocycles. The van der Waals surface area contributed by atoms with E-state index in [4.69, 9.17) is 0 Å². The molecule has 1 aliphatic heterocycles. The van der Waals surface area contributed by atoms with Gasteiger partial charge in [-0.25, -0.2) is 0 Å². The number of piperazine rings is 1. The molecule has 1 heterocycles. The zero-order valence-electron chi connectivity index (χ0n) is 11.5. The molecule has 1 aliphatic rings. The van der Waals surface area contributed by atoms with Gasteiger partial charge in [-0.05, 0) is 19.3 Å². The molecule has 0 aromatic carbocycles. The van der Waals surface area contributed by atoms with Crippen LogP contribution in [0.1, 0.15) is 33.6 Å². The van der Waals surface area contributed by atoms with Crippen LogP contribution in [-0.2, 0) is 4.79 Å². The van der Waals surface area contributed by atoms with E-state index in [2.05, 4.69) is 36.3 Å². The van der Waals surface area contributed by atoms with Crippen molar-refractivity contribution >= 4 is 5.91 Å². The first-order valence-electron chi connectivity index (χ1n) is 6.81. The predicted molar refractivity (Wildman–Crippen MR) is 71.0 cm³/mol. The predicted octanol–water partition coefficient (Wildman–Crippen LogP) is 0.833. The molecule has 1 amide bonds. The van der Waals surface area contributed by atoms with Gasteiger partial charge < -0.3 is 10.6 Å². The lowest BCUT2D eigenvalue weighted by Crippen LogP contribution is -2.48. The maximum atomic E-state index is 11.7. The second-order valence-electron chi connectivity index (χ2n) is 5.37. The lowest BCUT2D eigenvalue weighted by molar-refractivity contribution is -0.122. The van der Waals surface area contributed by atoms with Crippen LogP contribution in [0, 0.1) is 5.92 Å². The Morgan fingerprint density at radius 2 is 1.94 bits per heavy atom. The van der Waals surface area contributed by atoms with Crippen LogP contribution in [0.4, 0.5) is 0 Å². The number of nitrogens with zero attached hydrogens (tertiary/aromatic N) is 1. The van der Waals surface area contributed by atoms with E-state index in [9.17, 15) is 4.79 Å². The quantitative estimate of drug-likeness (QED) is 0.724. The van der Waals surface area contributed by atoms with Crippen molar-refractivity contribution in [3.63, 3.8) is 0 Å². The molecule has 100 valence electrons. The number of carbonyl (C=O) groups is 1. The van der Waals surface area contributed by atoms with Gasteiger partial charge >= 0.3 is 0 Å². The Bertz CT molecular complexity index is 225. The third kappa shape index (κ3) is 6.03. The topological polar surface area (TPSA) is 44.4 Å². The fourth-order valence-electron chi connectivity index (χ4n) is 2.09. The van der Waals surface area contributed by atoms with Gasteiger partial charge in [0.1, 0.15) is 0 Å². The molecular weight excluding hydrogens is 214 g/mol. The molecule has 0 spiro atoms. The van der Waals surface area contributed by atoms with Gasteiger partial charge in [0, 0.05) is 45.2 Å². The van der Waals surface area contributed by atoms with Crippen LogP contribution < -0.4 is 10.6 Å². The Morgan fingerprint density at radius 3 is 2.53 bits per heavy atom. The van der Waals surface area contributed by atoms with E-state index >= 15 is 0 Å². The summed E-state index contributed by atoms with van der Waals surface area (Å²) in [5.41, 5.74) is 0. The average Bonchev–Trinajstić information content (AvgIpc) is 2.29. The summed E-state index contributed by atoms with van der Waals surface area (Å²) in [6.45, 7) is 11.5. The van der Waals surface area contributed by atoms with E-state index in [0.717, 1.165) is 39.1 Å². The van der Waals surface area contributed by atoms with Gasteiger partial charge in [-0.1, -0.05) is 13.8 Å². The SMILES string of the molecule is CC(C)CCNC(=O)CC(C)N1CCNCC1. The smallest absolute Gasteiger partial charge is 0.221 e. The van der Waals surface area contributed by atoms with Crippen molar-refractivity contribution in [1.82, 2.24) is 15.5 Å². The van der Waals surface area contributed by atoms with Crippen molar-refractivity contribution in [2.45, 2.75) is 39.7 Å². The molecule has 0 saturated carbocycles. The van der Waals surface area contributed by atoms with Crippen LogP contribution in [0.2, 0.25) is 0 Å². The largest absolute Gasteiger partial charge is 0.356 e. The van der Waals surface area contributed by atoms with Crippen LogP contribution in [0.15, 0.2) is 0 Å². The first kappa shape index (κ1) is 14.5. The number of nitrogens with one attached hydrogen (secondary N) is 2. The summed E-state index contributed by atoms with van der Waals surface area (Å²) < 4.78 is 0. The molecule has 0 aliphatic carbocycles. The summed E-state index contributed by atoms with van der Waals surface area (Å²) in [7, 11) is 0. The monoisotopic (exact) mass is 241 g/mol. The highest BCUT2D eigenvalue weighted by atomic mass is 16.1. The fraction of sp³-hybridized carbons (Fsp3) is 0.923. The Morgan fingerprint density at radius 1 is 1.29 bits per heavy atom. The van der Waals surface area contributed by atoms with E-state index in [1.165, 1.54) is 0 Å². The van der Waals surface area contributed by atoms with Gasteiger partial charge in [-0.3, -0.25) is 9.69 Å². The normalized spacial score (nSPS) is 19.3. The maximum Gasteiger partial charge on any atom is 0.221 e. The number of hydrogen-bond donors (Lipinski definition) is 2. The van der Waals surface area contributed by atoms with Gasteiger partial charge in [0.15, 0.2) is 0 Å². The van der Waals surface area contributed by atoms with E-state index in [-0.39, 0.29) is 5.91 Å². The standard InChI is InChI=1S/C13H27N3O/c1-11(2)4-5-15-13(17)10-12(3)16-8-6-14-7-9-16/h11-12,14H,4-10H2,1-3H3,(H,15,17). The van der Waals surface area contributed by atoms with Crippen molar-refractivity contribution in [2.75, 3.05) is 32.7 Å². The van der Waals surface area contributed by atoms with Crippen molar-refractivity contribution in [2.24, 2.45) is 5.92 Å². The highest BCUT2D eigenvalue weighted by Gasteiger charge is 2.18. The van der Waals surface area contributed by atoms with Gasteiger partial charge in [0.25, 0.3) is 0 Å². The van der Waals surface area contributed by atoms with Crippen LogP contribution in [0.25, 0.3) is 0 Å². The number of hydrogen-bond acceptors (Lipinski definition) is 3. The first-order valence-corrected chi connectivity index (χ1v) is 6.81. The molecule has 4 heteroatoms. The Labute approximate surface area is 105 Å². The molecule has 1 rings (SSSR count). The summed E-state index contributed by atoms with van der Waals surface area (Å²) in [6, 6.07) is 0.358. The number of rotatable bonds is 6. The van der Waals surface area contributed by atoms with E-state index in [1.54, 1.807) is 0 Å². The molecule has 4 nitrogen and oxygen atoms in total. The molecule has 2 N–H and O–H groups in total. The molecular formula is C13H27N3O. The van der Waals surface area contributed by atoms with Gasteiger partial charge in [0.05, 0.1) is 0 Å². The summed E-state index contributed by atoms with van der Waals surface area (Å²) >= 11 is 0. The van der Waals surface area contributed by atoms with Crippen LogP contribution in [0.3, 0.4) is 0 Å². The molecule has 0 bridgehead atoms. The minimum absolute atomic E-state index is 0.191. The third-order valence-electron chi connectivity index (χ3n) is 3.30. The van der Waals surface area contributed by atoms with Crippen molar-refractivity contribution in [3.05, 3.63) is 0 Å². The molecule has 1 saturated heterocycles. The number of amides is 1. The minimum Gasteiger partial charge on any atom is -0.356 e.